The second-order valence-corrected chi connectivity index (χ2v) is 9.85. The fourth-order valence-electron chi connectivity index (χ4n) is 2.56. The number of thiophene rings is 1. The van der Waals surface area contributed by atoms with Crippen LogP contribution in [0, 0.1) is 0 Å². The maximum atomic E-state index is 12.7. The Morgan fingerprint density at radius 3 is 2.48 bits per heavy atom. The van der Waals surface area contributed by atoms with Crippen molar-refractivity contribution in [3.05, 3.63) is 22.4 Å². The summed E-state index contributed by atoms with van der Waals surface area (Å²) in [6, 6.07) is 1.11. The Hall–Kier alpha value is -2.71. The highest BCUT2D eigenvalue weighted by molar-refractivity contribution is 7.84. The smallest absolute Gasteiger partial charge is 0.410 e. The lowest BCUT2D eigenvalue weighted by atomic mass is 10.0. The molecule has 0 bridgehead atoms. The molecule has 1 saturated heterocycles. The lowest BCUT2D eigenvalue weighted by molar-refractivity contribution is -0.143. The molecule has 3 N–H and O–H groups in total. The summed E-state index contributed by atoms with van der Waals surface area (Å²) in [6.07, 6.45) is -1.69. The minimum Gasteiger partial charge on any atom is -0.444 e. The van der Waals surface area contributed by atoms with E-state index in [2.05, 4.69) is 15.8 Å². The zero-order valence-corrected chi connectivity index (χ0v) is 19.1. The van der Waals surface area contributed by atoms with Crippen LogP contribution in [0.4, 0.5) is 4.79 Å². The molecule has 0 spiro atoms. The van der Waals surface area contributed by atoms with Gasteiger partial charge >= 0.3 is 16.4 Å². The number of oxime groups is 1. The molecule has 0 saturated carbocycles. The first kappa shape index (κ1) is 24.6. The van der Waals surface area contributed by atoms with Crippen molar-refractivity contribution in [1.82, 2.24) is 14.9 Å². The van der Waals surface area contributed by atoms with Gasteiger partial charge in [0.05, 0.1) is 10.9 Å². The first-order valence-electron chi connectivity index (χ1n) is 9.09. The first-order chi connectivity index (χ1) is 14.2. The molecule has 3 atom stereocenters. The van der Waals surface area contributed by atoms with Crippen LogP contribution in [0.3, 0.4) is 0 Å². The molecule has 12 nitrogen and oxygen atoms in total. The zero-order chi connectivity index (χ0) is 23.6. The minimum absolute atomic E-state index is 0.182. The summed E-state index contributed by atoms with van der Waals surface area (Å²) in [5.74, 6) is -1.78. The monoisotopic (exact) mass is 476 g/mol. The van der Waals surface area contributed by atoms with Gasteiger partial charge in [0.1, 0.15) is 11.6 Å². The second-order valence-electron chi connectivity index (χ2n) is 7.61. The van der Waals surface area contributed by atoms with Crippen LogP contribution in [-0.4, -0.2) is 64.8 Å². The standard InChI is InChI=1S/C17H24N4O8S2/c1-9-12(15(23)21(9)31(25,26)27)19-14(22)13(11-7-6-8-30-11)20-29-10(2)18-16(24)28-17(3,4)5/h6-10,12H,1-5H3,(H,18,24)(H,19,22)(H,25,26,27)/b20-13+/t9?,10?,12-/m0/s1. The van der Waals surface area contributed by atoms with E-state index >= 15 is 0 Å². The number of β-lactam (4-membered cyclic amide) rings is 1. The molecule has 1 aliphatic heterocycles. The number of carbonyl (C=O) groups excluding carboxylic acids is 3. The van der Waals surface area contributed by atoms with Gasteiger partial charge in [-0.2, -0.15) is 8.42 Å². The summed E-state index contributed by atoms with van der Waals surface area (Å²) in [5, 5.41) is 10.3. The summed E-state index contributed by atoms with van der Waals surface area (Å²) in [5.41, 5.74) is -0.894. The Kier molecular flexibility index (Phi) is 7.28. The van der Waals surface area contributed by atoms with Crippen LogP contribution in [0.15, 0.2) is 22.7 Å². The van der Waals surface area contributed by atoms with Crippen molar-refractivity contribution in [2.24, 2.45) is 5.16 Å². The Morgan fingerprint density at radius 2 is 2.00 bits per heavy atom. The van der Waals surface area contributed by atoms with Gasteiger partial charge in [-0.15, -0.1) is 11.3 Å². The number of hydrogen-bond acceptors (Lipinski definition) is 9. The number of ether oxygens (including phenoxy) is 1. The van der Waals surface area contributed by atoms with E-state index in [4.69, 9.17) is 14.1 Å². The summed E-state index contributed by atoms with van der Waals surface area (Å²) < 4.78 is 36.8. The van der Waals surface area contributed by atoms with E-state index in [0.29, 0.717) is 4.88 Å². The molecule has 0 aliphatic carbocycles. The van der Waals surface area contributed by atoms with Crippen molar-refractivity contribution in [1.29, 1.82) is 0 Å². The van der Waals surface area contributed by atoms with E-state index in [-0.39, 0.29) is 10.0 Å². The number of nitrogens with one attached hydrogen (secondary N) is 2. The topological polar surface area (TPSA) is 164 Å². The lowest BCUT2D eigenvalue weighted by Gasteiger charge is -2.42. The fourth-order valence-corrected chi connectivity index (χ4v) is 4.14. The average Bonchev–Trinajstić information content (AvgIpc) is 3.11. The van der Waals surface area contributed by atoms with Gasteiger partial charge in [0.15, 0.2) is 11.9 Å². The molecular weight excluding hydrogens is 452 g/mol. The maximum Gasteiger partial charge on any atom is 0.410 e. The molecule has 0 aromatic carbocycles. The number of carbonyl (C=O) groups is 3. The average molecular weight is 477 g/mol. The van der Waals surface area contributed by atoms with Crippen LogP contribution >= 0.6 is 11.3 Å². The minimum atomic E-state index is -4.72. The van der Waals surface area contributed by atoms with Gasteiger partial charge in [-0.1, -0.05) is 11.2 Å². The number of alkyl carbamates (subject to hydrolysis) is 1. The highest BCUT2D eigenvalue weighted by atomic mass is 32.2. The van der Waals surface area contributed by atoms with Crippen molar-refractivity contribution in [3.8, 4) is 0 Å². The van der Waals surface area contributed by atoms with Gasteiger partial charge in [-0.3, -0.25) is 19.5 Å². The number of rotatable bonds is 7. The quantitative estimate of drug-likeness (QED) is 0.171. The van der Waals surface area contributed by atoms with Gasteiger partial charge in [0.2, 0.25) is 0 Å². The van der Waals surface area contributed by atoms with Crippen molar-refractivity contribution < 1.29 is 36.9 Å². The van der Waals surface area contributed by atoms with Crippen LogP contribution in [0.5, 0.6) is 0 Å². The van der Waals surface area contributed by atoms with Crippen LogP contribution in [0.25, 0.3) is 0 Å². The molecule has 14 heteroatoms. The van der Waals surface area contributed by atoms with Crippen LogP contribution in [0.1, 0.15) is 39.5 Å². The molecule has 2 unspecified atom stereocenters. The largest absolute Gasteiger partial charge is 0.444 e. The van der Waals surface area contributed by atoms with Gasteiger partial charge < -0.3 is 14.9 Å². The first-order valence-corrected chi connectivity index (χ1v) is 11.4. The molecule has 31 heavy (non-hydrogen) atoms. The summed E-state index contributed by atoms with van der Waals surface area (Å²) in [4.78, 5) is 42.1. The number of nitrogens with zero attached hydrogens (tertiary/aromatic N) is 2. The lowest BCUT2D eigenvalue weighted by Crippen LogP contribution is -2.71. The Balaban J connectivity index is 2.08. The fraction of sp³-hybridized carbons (Fsp3) is 0.529. The van der Waals surface area contributed by atoms with Gasteiger partial charge in [-0.05, 0) is 46.1 Å². The summed E-state index contributed by atoms with van der Waals surface area (Å²) in [6.45, 7) is 7.91. The van der Waals surface area contributed by atoms with Crippen molar-refractivity contribution in [2.75, 3.05) is 0 Å². The predicted octanol–water partition coefficient (Wildman–Crippen LogP) is 0.858. The summed E-state index contributed by atoms with van der Waals surface area (Å²) in [7, 11) is -4.72. The van der Waals surface area contributed by atoms with Crippen LogP contribution in [0.2, 0.25) is 0 Å². The van der Waals surface area contributed by atoms with E-state index in [1.54, 1.807) is 38.3 Å². The van der Waals surface area contributed by atoms with E-state index in [0.717, 1.165) is 0 Å². The van der Waals surface area contributed by atoms with Gasteiger partial charge in [0, 0.05) is 0 Å². The molecule has 2 heterocycles. The zero-order valence-electron chi connectivity index (χ0n) is 17.5. The van der Waals surface area contributed by atoms with Crippen LogP contribution < -0.4 is 10.6 Å². The second kappa shape index (κ2) is 9.20. The van der Waals surface area contributed by atoms with E-state index in [1.165, 1.54) is 25.2 Å². The third kappa shape index (κ3) is 6.38. The molecule has 0 radical (unpaired) electrons. The third-order valence-electron chi connectivity index (χ3n) is 3.86. The van der Waals surface area contributed by atoms with E-state index < -0.39 is 52.1 Å². The molecule has 1 aliphatic rings. The highest BCUT2D eigenvalue weighted by Crippen LogP contribution is 2.23. The molecule has 1 aromatic heterocycles. The highest BCUT2D eigenvalue weighted by Gasteiger charge is 2.51. The number of amides is 3. The SMILES string of the molecule is CC(NC(=O)OC(C)(C)C)O/N=C(/C(=O)N[C@@H]1C(=O)N(S(=O)(=O)O)C1C)c1cccs1. The normalized spacial score (nSPS) is 20.5. The van der Waals surface area contributed by atoms with Crippen LogP contribution in [-0.2, 0) is 29.5 Å². The van der Waals surface area contributed by atoms with E-state index in [9.17, 15) is 22.8 Å². The number of hydrogen-bond donors (Lipinski definition) is 3. The van der Waals surface area contributed by atoms with E-state index in [1.807, 2.05) is 0 Å². The van der Waals surface area contributed by atoms with Crippen molar-refractivity contribution in [2.45, 2.75) is 58.5 Å². The molecule has 2 rings (SSSR count). The molecular formula is C17H24N4O8S2. The summed E-state index contributed by atoms with van der Waals surface area (Å²) >= 11 is 1.18. The van der Waals surface area contributed by atoms with Crippen molar-refractivity contribution >= 4 is 45.3 Å². The Morgan fingerprint density at radius 1 is 1.35 bits per heavy atom. The molecule has 172 valence electrons. The predicted molar refractivity (Wildman–Crippen MR) is 111 cm³/mol. The molecule has 1 aromatic rings. The Bertz CT molecular complexity index is 969. The molecule has 1 fully saturated rings. The molecule has 3 amide bonds. The third-order valence-corrected chi connectivity index (χ3v) is 5.75. The maximum absolute atomic E-state index is 12.7. The van der Waals surface area contributed by atoms with Gasteiger partial charge in [0.25, 0.3) is 11.8 Å². The Labute approximate surface area is 183 Å². The van der Waals surface area contributed by atoms with Gasteiger partial charge in [-0.25, -0.2) is 9.10 Å². The van der Waals surface area contributed by atoms with Crippen molar-refractivity contribution in [3.63, 3.8) is 0 Å².